The first-order chi connectivity index (χ1) is 14.8. The number of nitrogens with one attached hydrogen (secondary N) is 2. The third-order valence-electron chi connectivity index (χ3n) is 4.44. The summed E-state index contributed by atoms with van der Waals surface area (Å²) in [5.74, 6) is 1.24. The van der Waals surface area contributed by atoms with Crippen LogP contribution in [0, 0.1) is 0 Å². The van der Waals surface area contributed by atoms with Crippen LogP contribution in [0.1, 0.15) is 11.4 Å². The third-order valence-corrected chi connectivity index (χ3v) is 6.13. The third kappa shape index (κ3) is 4.93. The summed E-state index contributed by atoms with van der Waals surface area (Å²) in [5, 5.41) is 16.8. The molecule has 160 valence electrons. The number of nitrogens with zero attached hydrogens (tertiary/aromatic N) is 5. The molecule has 0 aliphatic rings. The molecule has 11 heteroatoms. The molecule has 0 saturated carbocycles. The largest absolute Gasteiger partial charge is 0.339 e. The van der Waals surface area contributed by atoms with Gasteiger partial charge in [-0.3, -0.25) is 4.72 Å². The molecule has 4 rings (SSSR count). The average Bonchev–Trinajstić information content (AvgIpc) is 3.10. The molecule has 0 amide bonds. The topological polar surface area (TPSA) is 105 Å². The van der Waals surface area contributed by atoms with Gasteiger partial charge >= 0.3 is 10.2 Å². The molecule has 0 bridgehead atoms. The number of hydrogen-bond acceptors (Lipinski definition) is 6. The summed E-state index contributed by atoms with van der Waals surface area (Å²) in [6.45, 7) is 0. The first kappa shape index (κ1) is 21.0. The first-order valence-corrected chi connectivity index (χ1v) is 11.2. The van der Waals surface area contributed by atoms with Gasteiger partial charge in [0.05, 0.1) is 5.69 Å². The lowest BCUT2D eigenvalue weighted by Gasteiger charge is -2.13. The number of hydrogen-bond donors (Lipinski definition) is 2. The van der Waals surface area contributed by atoms with Gasteiger partial charge in [-0.05, 0) is 48.0 Å². The van der Waals surface area contributed by atoms with E-state index < -0.39 is 10.2 Å². The minimum atomic E-state index is -3.58. The Hall–Kier alpha value is -3.21. The number of halogens is 1. The van der Waals surface area contributed by atoms with Gasteiger partial charge in [0.1, 0.15) is 0 Å². The van der Waals surface area contributed by atoms with Crippen LogP contribution in [-0.4, -0.2) is 46.6 Å². The van der Waals surface area contributed by atoms with Crippen LogP contribution in [0.25, 0.3) is 5.65 Å². The summed E-state index contributed by atoms with van der Waals surface area (Å²) in [6, 6.07) is 18.1. The predicted molar refractivity (Wildman–Crippen MR) is 121 cm³/mol. The van der Waals surface area contributed by atoms with Crippen molar-refractivity contribution < 1.29 is 8.42 Å². The molecule has 0 atom stereocenters. The normalized spacial score (nSPS) is 11.7. The highest BCUT2D eigenvalue weighted by Crippen LogP contribution is 2.20. The number of rotatable bonds is 7. The van der Waals surface area contributed by atoms with E-state index in [-0.39, 0.29) is 0 Å². The fourth-order valence-corrected chi connectivity index (χ4v) is 3.69. The Labute approximate surface area is 184 Å². The lowest BCUT2D eigenvalue weighted by Crippen LogP contribution is -2.28. The molecule has 2 heterocycles. The molecule has 9 nitrogen and oxygen atoms in total. The average molecular weight is 458 g/mol. The summed E-state index contributed by atoms with van der Waals surface area (Å²) in [5.41, 5.74) is 2.76. The molecule has 31 heavy (non-hydrogen) atoms. The van der Waals surface area contributed by atoms with Gasteiger partial charge in [-0.15, -0.1) is 15.3 Å². The van der Waals surface area contributed by atoms with Crippen molar-refractivity contribution in [3.63, 3.8) is 0 Å². The van der Waals surface area contributed by atoms with E-state index in [1.807, 2.05) is 30.3 Å². The smallest absolute Gasteiger partial charge is 0.301 e. The number of benzene rings is 2. The highest BCUT2D eigenvalue weighted by atomic mass is 35.5. The minimum absolute atomic E-state index is 0.423. The van der Waals surface area contributed by atoms with Crippen LogP contribution in [0.5, 0.6) is 0 Å². The SMILES string of the molecule is CN(C)S(=O)(=O)Nc1cccc(Cc2nnc3ccc(Nc4cccc(Cl)c4)nn23)c1. The summed E-state index contributed by atoms with van der Waals surface area (Å²) in [7, 11) is -0.648. The molecule has 2 aromatic heterocycles. The highest BCUT2D eigenvalue weighted by Gasteiger charge is 2.14. The second-order valence-corrected chi connectivity index (χ2v) is 9.33. The Morgan fingerprint density at radius 3 is 2.55 bits per heavy atom. The van der Waals surface area contributed by atoms with Crippen molar-refractivity contribution in [2.75, 3.05) is 24.1 Å². The molecule has 4 aromatic rings. The van der Waals surface area contributed by atoms with E-state index in [0.717, 1.165) is 15.6 Å². The Kier molecular flexibility index (Phi) is 5.77. The van der Waals surface area contributed by atoms with Crippen LogP contribution >= 0.6 is 11.6 Å². The number of aromatic nitrogens is 4. The zero-order valence-electron chi connectivity index (χ0n) is 16.8. The van der Waals surface area contributed by atoms with Crippen molar-refractivity contribution >= 4 is 44.7 Å². The molecule has 0 spiro atoms. The molecular weight excluding hydrogens is 438 g/mol. The minimum Gasteiger partial charge on any atom is -0.339 e. The van der Waals surface area contributed by atoms with Crippen molar-refractivity contribution in [2.24, 2.45) is 0 Å². The van der Waals surface area contributed by atoms with E-state index in [0.29, 0.717) is 34.4 Å². The van der Waals surface area contributed by atoms with Crippen molar-refractivity contribution in [2.45, 2.75) is 6.42 Å². The molecule has 0 saturated heterocycles. The quantitative estimate of drug-likeness (QED) is 0.441. The van der Waals surface area contributed by atoms with Gasteiger partial charge in [-0.2, -0.15) is 17.2 Å². The maximum absolute atomic E-state index is 12.1. The molecule has 2 aromatic carbocycles. The Balaban J connectivity index is 1.58. The summed E-state index contributed by atoms with van der Waals surface area (Å²) in [4.78, 5) is 0. The van der Waals surface area contributed by atoms with Crippen molar-refractivity contribution in [1.82, 2.24) is 24.1 Å². The van der Waals surface area contributed by atoms with E-state index >= 15 is 0 Å². The Morgan fingerprint density at radius 2 is 1.77 bits per heavy atom. The van der Waals surface area contributed by atoms with Gasteiger partial charge in [0.2, 0.25) is 0 Å². The molecule has 0 radical (unpaired) electrons. The van der Waals surface area contributed by atoms with Crippen molar-refractivity contribution in [3.8, 4) is 0 Å². The molecular formula is C20H20ClN7O2S. The van der Waals surface area contributed by atoms with E-state index in [2.05, 4.69) is 25.3 Å². The Morgan fingerprint density at radius 1 is 1.00 bits per heavy atom. The summed E-state index contributed by atoms with van der Waals surface area (Å²) >= 11 is 6.04. The predicted octanol–water partition coefficient (Wildman–Crippen LogP) is 3.33. The number of fused-ring (bicyclic) bond motifs is 1. The van der Waals surface area contributed by atoms with Crippen LogP contribution in [0.2, 0.25) is 5.02 Å². The van der Waals surface area contributed by atoms with Gasteiger partial charge in [-0.25, -0.2) is 0 Å². The zero-order chi connectivity index (χ0) is 22.0. The van der Waals surface area contributed by atoms with E-state index in [1.54, 1.807) is 34.8 Å². The fraction of sp³-hybridized carbons (Fsp3) is 0.150. The van der Waals surface area contributed by atoms with Gasteiger partial charge in [0, 0.05) is 31.2 Å². The number of anilines is 3. The monoisotopic (exact) mass is 457 g/mol. The molecule has 0 aliphatic heterocycles. The van der Waals surface area contributed by atoms with E-state index in [1.165, 1.54) is 14.1 Å². The van der Waals surface area contributed by atoms with Crippen molar-refractivity contribution in [3.05, 3.63) is 77.1 Å². The van der Waals surface area contributed by atoms with Crippen LogP contribution in [0.15, 0.2) is 60.7 Å². The highest BCUT2D eigenvalue weighted by molar-refractivity contribution is 7.90. The van der Waals surface area contributed by atoms with Crippen LogP contribution in [-0.2, 0) is 16.6 Å². The maximum Gasteiger partial charge on any atom is 0.301 e. The fourth-order valence-electron chi connectivity index (χ4n) is 2.89. The van der Waals surface area contributed by atoms with Gasteiger partial charge in [-0.1, -0.05) is 29.8 Å². The molecule has 0 aliphatic carbocycles. The van der Waals surface area contributed by atoms with Crippen LogP contribution in [0.3, 0.4) is 0 Å². The van der Waals surface area contributed by atoms with E-state index in [9.17, 15) is 8.42 Å². The first-order valence-electron chi connectivity index (χ1n) is 9.33. The molecule has 0 unspecified atom stereocenters. The van der Waals surface area contributed by atoms with E-state index in [4.69, 9.17) is 11.6 Å². The van der Waals surface area contributed by atoms with Crippen LogP contribution in [0.4, 0.5) is 17.2 Å². The lowest BCUT2D eigenvalue weighted by molar-refractivity contribution is 0.527. The standard InChI is InChI=1S/C20H20ClN7O2S/c1-27(2)31(29,30)26-17-8-3-5-14(11-17)12-20-24-23-19-10-9-18(25-28(19)20)22-16-7-4-6-15(21)13-16/h3-11,13,26H,12H2,1-2H3,(H,22,25). The maximum atomic E-state index is 12.1. The Bertz CT molecular complexity index is 1340. The summed E-state index contributed by atoms with van der Waals surface area (Å²) in [6.07, 6.45) is 0.423. The van der Waals surface area contributed by atoms with Gasteiger partial charge in [0.25, 0.3) is 0 Å². The zero-order valence-corrected chi connectivity index (χ0v) is 18.4. The van der Waals surface area contributed by atoms with Gasteiger partial charge in [0.15, 0.2) is 17.3 Å². The van der Waals surface area contributed by atoms with Crippen molar-refractivity contribution in [1.29, 1.82) is 0 Å². The van der Waals surface area contributed by atoms with Gasteiger partial charge < -0.3 is 5.32 Å². The summed E-state index contributed by atoms with van der Waals surface area (Å²) < 4.78 is 29.5. The second kappa shape index (κ2) is 8.50. The van der Waals surface area contributed by atoms with Crippen LogP contribution < -0.4 is 10.0 Å². The lowest BCUT2D eigenvalue weighted by atomic mass is 10.1. The molecule has 0 fully saturated rings. The molecule has 2 N–H and O–H groups in total. The second-order valence-electron chi connectivity index (χ2n) is 7.01.